The van der Waals surface area contributed by atoms with Crippen molar-refractivity contribution in [3.05, 3.63) is 0 Å². The molecule has 3 nitrogen and oxygen atoms in total. The predicted octanol–water partition coefficient (Wildman–Crippen LogP) is 1.81. The molecule has 1 saturated heterocycles. The summed E-state index contributed by atoms with van der Waals surface area (Å²) in [6, 6.07) is 0.455. The molecule has 0 aromatic heterocycles. The molecule has 0 aromatic carbocycles. The first-order valence-electron chi connectivity index (χ1n) is 5.66. The maximum Gasteiger partial charge on any atom is 0.248 e. The van der Waals surface area contributed by atoms with Crippen LogP contribution in [-0.4, -0.2) is 36.6 Å². The summed E-state index contributed by atoms with van der Waals surface area (Å²) in [4.78, 5) is 13.7. The second-order valence-electron chi connectivity index (χ2n) is 3.78. The van der Waals surface area contributed by atoms with Crippen LogP contribution in [0.1, 0.15) is 39.5 Å². The highest BCUT2D eigenvalue weighted by molar-refractivity contribution is 5.77. The molecule has 1 heterocycles. The number of hydrogen-bond acceptors (Lipinski definition) is 2. The number of amides is 1. The number of carbonyl (C=O) groups is 1. The summed E-state index contributed by atoms with van der Waals surface area (Å²) in [5.41, 5.74) is 0. The van der Waals surface area contributed by atoms with Crippen LogP contribution in [0.3, 0.4) is 0 Å². The summed E-state index contributed by atoms with van der Waals surface area (Å²) < 4.78 is 5.15. The van der Waals surface area contributed by atoms with Crippen LogP contribution in [0.5, 0.6) is 0 Å². The average molecular weight is 199 g/mol. The maximum atomic E-state index is 11.7. The number of carbonyl (C=O) groups excluding carboxylic acids is 1. The van der Waals surface area contributed by atoms with Crippen LogP contribution >= 0.6 is 0 Å². The van der Waals surface area contributed by atoms with Crippen molar-refractivity contribution in [2.24, 2.45) is 0 Å². The largest absolute Gasteiger partial charge is 0.372 e. The fourth-order valence-corrected chi connectivity index (χ4v) is 2.03. The monoisotopic (exact) mass is 199 g/mol. The maximum absolute atomic E-state index is 11.7. The van der Waals surface area contributed by atoms with Gasteiger partial charge in [-0.3, -0.25) is 4.79 Å². The van der Waals surface area contributed by atoms with E-state index in [9.17, 15) is 4.79 Å². The Kier molecular flexibility index (Phi) is 4.94. The molecule has 1 aliphatic rings. The summed E-state index contributed by atoms with van der Waals surface area (Å²) in [7, 11) is 0. The third kappa shape index (κ3) is 2.98. The molecular formula is C11H21NO2. The molecule has 1 atom stereocenters. The highest BCUT2D eigenvalue weighted by Gasteiger charge is 2.24. The standard InChI is InChI=1S/C11H21NO2/c1-3-10-7-5-6-8-12(10)11(13)9-14-4-2/h10H,3-9H2,1-2H3. The highest BCUT2D eigenvalue weighted by Crippen LogP contribution is 2.19. The lowest BCUT2D eigenvalue weighted by molar-refractivity contribution is -0.139. The van der Waals surface area contributed by atoms with Gasteiger partial charge < -0.3 is 9.64 Å². The zero-order valence-electron chi connectivity index (χ0n) is 9.29. The Labute approximate surface area is 86.4 Å². The Morgan fingerprint density at radius 2 is 2.21 bits per heavy atom. The van der Waals surface area contributed by atoms with E-state index in [4.69, 9.17) is 4.74 Å². The Bertz CT molecular complexity index is 182. The van der Waals surface area contributed by atoms with Gasteiger partial charge >= 0.3 is 0 Å². The van der Waals surface area contributed by atoms with Crippen molar-refractivity contribution in [3.63, 3.8) is 0 Å². The lowest BCUT2D eigenvalue weighted by Crippen LogP contribution is -2.45. The van der Waals surface area contributed by atoms with E-state index in [1.165, 1.54) is 6.42 Å². The van der Waals surface area contributed by atoms with Gasteiger partial charge in [0.1, 0.15) is 6.61 Å². The summed E-state index contributed by atoms with van der Waals surface area (Å²) in [6.45, 7) is 5.87. The van der Waals surface area contributed by atoms with Crippen molar-refractivity contribution in [2.75, 3.05) is 19.8 Å². The molecule has 0 spiro atoms. The summed E-state index contributed by atoms with van der Waals surface area (Å²) >= 11 is 0. The first kappa shape index (κ1) is 11.5. The Hall–Kier alpha value is -0.570. The predicted molar refractivity (Wildman–Crippen MR) is 56.1 cm³/mol. The minimum absolute atomic E-state index is 0.165. The first-order valence-corrected chi connectivity index (χ1v) is 5.66. The fourth-order valence-electron chi connectivity index (χ4n) is 2.03. The van der Waals surface area contributed by atoms with Crippen LogP contribution < -0.4 is 0 Å². The number of hydrogen-bond donors (Lipinski definition) is 0. The molecule has 82 valence electrons. The van der Waals surface area contributed by atoms with Gasteiger partial charge in [-0.1, -0.05) is 6.92 Å². The number of nitrogens with zero attached hydrogens (tertiary/aromatic N) is 1. The zero-order valence-corrected chi connectivity index (χ0v) is 9.29. The fraction of sp³-hybridized carbons (Fsp3) is 0.909. The summed E-state index contributed by atoms with van der Waals surface area (Å²) in [5, 5.41) is 0. The van der Waals surface area contributed by atoms with E-state index in [1.54, 1.807) is 0 Å². The zero-order chi connectivity index (χ0) is 10.4. The minimum Gasteiger partial charge on any atom is -0.372 e. The van der Waals surface area contributed by atoms with Crippen LogP contribution in [0.2, 0.25) is 0 Å². The van der Waals surface area contributed by atoms with Crippen LogP contribution in [0.4, 0.5) is 0 Å². The molecule has 0 aliphatic carbocycles. The highest BCUT2D eigenvalue weighted by atomic mass is 16.5. The number of piperidine rings is 1. The van der Waals surface area contributed by atoms with Crippen molar-refractivity contribution in [2.45, 2.75) is 45.6 Å². The van der Waals surface area contributed by atoms with Crippen molar-refractivity contribution in [1.82, 2.24) is 4.90 Å². The molecule has 1 rings (SSSR count). The molecule has 0 radical (unpaired) electrons. The van der Waals surface area contributed by atoms with Gasteiger partial charge in [-0.25, -0.2) is 0 Å². The third-order valence-electron chi connectivity index (χ3n) is 2.85. The van der Waals surface area contributed by atoms with Gasteiger partial charge in [-0.05, 0) is 32.6 Å². The van der Waals surface area contributed by atoms with Crippen molar-refractivity contribution in [1.29, 1.82) is 0 Å². The van der Waals surface area contributed by atoms with Crippen LogP contribution in [0.25, 0.3) is 0 Å². The molecule has 1 unspecified atom stereocenters. The van der Waals surface area contributed by atoms with Gasteiger partial charge in [0.25, 0.3) is 0 Å². The molecule has 1 amide bonds. The summed E-state index contributed by atoms with van der Waals surface area (Å²) in [5.74, 6) is 0.165. The number of likely N-dealkylation sites (tertiary alicyclic amines) is 1. The Morgan fingerprint density at radius 3 is 2.86 bits per heavy atom. The van der Waals surface area contributed by atoms with Crippen molar-refractivity contribution in [3.8, 4) is 0 Å². The molecule has 0 N–H and O–H groups in total. The van der Waals surface area contributed by atoms with Gasteiger partial charge in [0.15, 0.2) is 0 Å². The normalized spacial score (nSPS) is 22.4. The molecule has 0 saturated carbocycles. The van der Waals surface area contributed by atoms with Crippen molar-refractivity contribution >= 4 is 5.91 Å². The molecule has 1 fully saturated rings. The van der Waals surface area contributed by atoms with Gasteiger partial charge in [0.05, 0.1) is 0 Å². The van der Waals surface area contributed by atoms with Gasteiger partial charge in [0.2, 0.25) is 5.91 Å². The van der Waals surface area contributed by atoms with Gasteiger partial charge in [0, 0.05) is 19.2 Å². The van der Waals surface area contributed by atoms with Crippen molar-refractivity contribution < 1.29 is 9.53 Å². The molecule has 3 heteroatoms. The van der Waals surface area contributed by atoms with Crippen LogP contribution in [0.15, 0.2) is 0 Å². The minimum atomic E-state index is 0.165. The van der Waals surface area contributed by atoms with E-state index in [2.05, 4.69) is 6.92 Å². The topological polar surface area (TPSA) is 29.5 Å². The SMILES string of the molecule is CCOCC(=O)N1CCCCC1CC. The molecule has 0 bridgehead atoms. The second kappa shape index (κ2) is 6.02. The molecule has 14 heavy (non-hydrogen) atoms. The summed E-state index contributed by atoms with van der Waals surface area (Å²) in [6.07, 6.45) is 4.64. The van der Waals surface area contributed by atoms with E-state index in [0.717, 1.165) is 25.8 Å². The van der Waals surface area contributed by atoms with Gasteiger partial charge in [-0.2, -0.15) is 0 Å². The first-order chi connectivity index (χ1) is 6.79. The average Bonchev–Trinajstić information content (AvgIpc) is 2.25. The Morgan fingerprint density at radius 1 is 1.43 bits per heavy atom. The van der Waals surface area contributed by atoms with Gasteiger partial charge in [-0.15, -0.1) is 0 Å². The van der Waals surface area contributed by atoms with E-state index in [1.807, 2.05) is 11.8 Å². The van der Waals surface area contributed by atoms with Crippen LogP contribution in [0, 0.1) is 0 Å². The smallest absolute Gasteiger partial charge is 0.248 e. The Balaban J connectivity index is 2.41. The lowest BCUT2D eigenvalue weighted by atomic mass is 10.00. The molecule has 0 aromatic rings. The van der Waals surface area contributed by atoms with E-state index < -0.39 is 0 Å². The number of ether oxygens (including phenoxy) is 1. The quantitative estimate of drug-likeness (QED) is 0.691. The lowest BCUT2D eigenvalue weighted by Gasteiger charge is -2.35. The molecular weight excluding hydrogens is 178 g/mol. The second-order valence-corrected chi connectivity index (χ2v) is 3.78. The third-order valence-corrected chi connectivity index (χ3v) is 2.85. The van der Waals surface area contributed by atoms with E-state index >= 15 is 0 Å². The van der Waals surface area contributed by atoms with E-state index in [0.29, 0.717) is 12.6 Å². The van der Waals surface area contributed by atoms with E-state index in [-0.39, 0.29) is 12.5 Å². The molecule has 1 aliphatic heterocycles. The number of rotatable bonds is 4. The van der Waals surface area contributed by atoms with Crippen LogP contribution in [-0.2, 0) is 9.53 Å².